The fourth-order valence-electron chi connectivity index (χ4n) is 2.77. The van der Waals surface area contributed by atoms with Gasteiger partial charge >= 0.3 is 0 Å². The SMILES string of the molecule is Cc1cc(C(=O)N2CCCC(O)(CC(N)=O)C2)c(C)o1. The summed E-state index contributed by atoms with van der Waals surface area (Å²) in [6.45, 7) is 4.20. The van der Waals surface area contributed by atoms with Gasteiger partial charge in [-0.25, -0.2) is 0 Å². The van der Waals surface area contributed by atoms with E-state index in [-0.39, 0.29) is 18.9 Å². The van der Waals surface area contributed by atoms with Crippen LogP contribution in [0.1, 0.15) is 41.1 Å². The number of primary amides is 1. The van der Waals surface area contributed by atoms with E-state index in [9.17, 15) is 14.7 Å². The molecule has 1 aliphatic rings. The van der Waals surface area contributed by atoms with Gasteiger partial charge in [0.1, 0.15) is 11.5 Å². The van der Waals surface area contributed by atoms with Gasteiger partial charge in [0.15, 0.2) is 0 Å². The molecule has 20 heavy (non-hydrogen) atoms. The summed E-state index contributed by atoms with van der Waals surface area (Å²) in [6, 6.07) is 1.69. The third-order valence-corrected chi connectivity index (χ3v) is 3.62. The van der Waals surface area contributed by atoms with Crippen molar-refractivity contribution in [2.24, 2.45) is 5.73 Å². The first-order valence-electron chi connectivity index (χ1n) is 6.68. The van der Waals surface area contributed by atoms with Gasteiger partial charge in [-0.15, -0.1) is 0 Å². The van der Waals surface area contributed by atoms with Gasteiger partial charge in [-0.1, -0.05) is 0 Å². The molecule has 1 saturated heterocycles. The Morgan fingerprint density at radius 2 is 2.20 bits per heavy atom. The Hall–Kier alpha value is -1.82. The first kappa shape index (κ1) is 14.6. The number of β-amino-alcohol motifs (C(OH)–C–C–N with tert-alkyl or cyclic N) is 1. The maximum atomic E-state index is 12.4. The molecule has 0 radical (unpaired) electrons. The number of rotatable bonds is 3. The lowest BCUT2D eigenvalue weighted by Gasteiger charge is -2.38. The minimum atomic E-state index is -1.22. The Morgan fingerprint density at radius 3 is 2.75 bits per heavy atom. The molecule has 0 bridgehead atoms. The number of nitrogens with two attached hydrogens (primary N) is 1. The Labute approximate surface area is 117 Å². The molecular formula is C14H20N2O4. The van der Waals surface area contributed by atoms with Crippen LogP contribution in [0.4, 0.5) is 0 Å². The Kier molecular flexibility index (Phi) is 3.85. The summed E-state index contributed by atoms with van der Waals surface area (Å²) >= 11 is 0. The molecule has 1 atom stereocenters. The molecule has 0 saturated carbocycles. The highest BCUT2D eigenvalue weighted by molar-refractivity contribution is 5.95. The van der Waals surface area contributed by atoms with Crippen molar-refractivity contribution < 1.29 is 19.1 Å². The fourth-order valence-corrected chi connectivity index (χ4v) is 2.77. The summed E-state index contributed by atoms with van der Waals surface area (Å²) in [5.41, 5.74) is 4.44. The van der Waals surface area contributed by atoms with Gasteiger partial charge in [-0.2, -0.15) is 0 Å². The van der Waals surface area contributed by atoms with Crippen LogP contribution in [0.3, 0.4) is 0 Å². The summed E-state index contributed by atoms with van der Waals surface area (Å²) < 4.78 is 5.36. The average molecular weight is 280 g/mol. The quantitative estimate of drug-likeness (QED) is 0.853. The van der Waals surface area contributed by atoms with Crippen molar-refractivity contribution >= 4 is 11.8 Å². The molecule has 1 aromatic rings. The van der Waals surface area contributed by atoms with E-state index >= 15 is 0 Å². The minimum Gasteiger partial charge on any atom is -0.466 e. The number of carbonyl (C=O) groups is 2. The third kappa shape index (κ3) is 3.01. The van der Waals surface area contributed by atoms with E-state index in [1.54, 1.807) is 24.8 Å². The number of hydrogen-bond acceptors (Lipinski definition) is 4. The predicted octanol–water partition coefficient (Wildman–Crippen LogP) is 0.739. The average Bonchev–Trinajstić information content (AvgIpc) is 2.66. The number of carbonyl (C=O) groups excluding carboxylic acids is 2. The van der Waals surface area contributed by atoms with Crippen molar-refractivity contribution in [3.05, 3.63) is 23.2 Å². The Bertz CT molecular complexity index is 537. The highest BCUT2D eigenvalue weighted by atomic mass is 16.3. The van der Waals surface area contributed by atoms with E-state index in [4.69, 9.17) is 10.2 Å². The number of furan rings is 1. The van der Waals surface area contributed by atoms with Crippen molar-refractivity contribution in [3.63, 3.8) is 0 Å². The lowest BCUT2D eigenvalue weighted by atomic mass is 9.89. The number of aryl methyl sites for hydroxylation is 2. The second-order valence-corrected chi connectivity index (χ2v) is 5.52. The van der Waals surface area contributed by atoms with E-state index in [1.165, 1.54) is 0 Å². The van der Waals surface area contributed by atoms with Crippen molar-refractivity contribution in [1.29, 1.82) is 0 Å². The maximum absolute atomic E-state index is 12.4. The van der Waals surface area contributed by atoms with E-state index in [1.807, 2.05) is 0 Å². The van der Waals surface area contributed by atoms with Crippen LogP contribution in [0.2, 0.25) is 0 Å². The number of hydrogen-bond donors (Lipinski definition) is 2. The monoisotopic (exact) mass is 280 g/mol. The molecule has 2 heterocycles. The zero-order valence-electron chi connectivity index (χ0n) is 11.8. The summed E-state index contributed by atoms with van der Waals surface area (Å²) in [6.07, 6.45) is 0.995. The summed E-state index contributed by atoms with van der Waals surface area (Å²) in [4.78, 5) is 25.0. The van der Waals surface area contributed by atoms with Crippen LogP contribution in [0, 0.1) is 13.8 Å². The van der Waals surface area contributed by atoms with Gasteiger partial charge in [0.25, 0.3) is 5.91 Å². The van der Waals surface area contributed by atoms with Crippen molar-refractivity contribution in [2.45, 2.75) is 38.7 Å². The Morgan fingerprint density at radius 1 is 1.50 bits per heavy atom. The van der Waals surface area contributed by atoms with Gasteiger partial charge < -0.3 is 20.2 Å². The molecule has 2 amide bonds. The van der Waals surface area contributed by atoms with Gasteiger partial charge in [0, 0.05) is 6.54 Å². The van der Waals surface area contributed by atoms with Crippen LogP contribution in [0.15, 0.2) is 10.5 Å². The molecule has 0 aromatic carbocycles. The van der Waals surface area contributed by atoms with Crippen LogP contribution in [-0.2, 0) is 4.79 Å². The van der Waals surface area contributed by atoms with Crippen LogP contribution in [-0.4, -0.2) is 40.5 Å². The zero-order valence-corrected chi connectivity index (χ0v) is 11.8. The summed E-state index contributed by atoms with van der Waals surface area (Å²) in [7, 11) is 0. The lowest BCUT2D eigenvalue weighted by molar-refractivity contribution is -0.125. The topological polar surface area (TPSA) is 96.8 Å². The van der Waals surface area contributed by atoms with E-state index in [2.05, 4.69) is 0 Å². The molecule has 3 N–H and O–H groups in total. The standard InChI is InChI=1S/C14H20N2O4/c1-9-6-11(10(2)20-9)13(18)16-5-3-4-14(19,8-16)7-12(15)17/h6,19H,3-5,7-8H2,1-2H3,(H2,15,17). The normalized spacial score (nSPS) is 22.9. The van der Waals surface area contributed by atoms with E-state index in [0.717, 1.165) is 0 Å². The molecule has 110 valence electrons. The molecule has 1 unspecified atom stereocenters. The molecular weight excluding hydrogens is 260 g/mol. The Balaban J connectivity index is 2.14. The molecule has 6 nitrogen and oxygen atoms in total. The van der Waals surface area contributed by atoms with Crippen LogP contribution >= 0.6 is 0 Å². The van der Waals surface area contributed by atoms with E-state index in [0.29, 0.717) is 36.5 Å². The molecule has 0 spiro atoms. The third-order valence-electron chi connectivity index (χ3n) is 3.62. The summed E-state index contributed by atoms with van der Waals surface area (Å²) in [5, 5.41) is 10.4. The smallest absolute Gasteiger partial charge is 0.257 e. The maximum Gasteiger partial charge on any atom is 0.257 e. The largest absolute Gasteiger partial charge is 0.466 e. The number of nitrogens with zero attached hydrogens (tertiary/aromatic N) is 1. The summed E-state index contributed by atoms with van der Waals surface area (Å²) in [5.74, 6) is 0.505. The van der Waals surface area contributed by atoms with Crippen molar-refractivity contribution in [3.8, 4) is 0 Å². The molecule has 2 rings (SSSR count). The van der Waals surface area contributed by atoms with Gasteiger partial charge in [-0.05, 0) is 32.8 Å². The minimum absolute atomic E-state index is 0.123. The predicted molar refractivity (Wildman–Crippen MR) is 72.1 cm³/mol. The van der Waals surface area contributed by atoms with Crippen LogP contribution in [0.25, 0.3) is 0 Å². The first-order chi connectivity index (χ1) is 9.31. The highest BCUT2D eigenvalue weighted by Crippen LogP contribution is 2.26. The van der Waals surface area contributed by atoms with Crippen molar-refractivity contribution in [2.75, 3.05) is 13.1 Å². The van der Waals surface area contributed by atoms with Crippen LogP contribution < -0.4 is 5.73 Å². The first-order valence-corrected chi connectivity index (χ1v) is 6.68. The van der Waals surface area contributed by atoms with Gasteiger partial charge in [-0.3, -0.25) is 9.59 Å². The molecule has 1 fully saturated rings. The molecule has 1 aromatic heterocycles. The fraction of sp³-hybridized carbons (Fsp3) is 0.571. The second kappa shape index (κ2) is 5.28. The number of aliphatic hydroxyl groups is 1. The molecule has 0 aliphatic carbocycles. The second-order valence-electron chi connectivity index (χ2n) is 5.52. The number of piperidine rings is 1. The number of likely N-dealkylation sites (tertiary alicyclic amines) is 1. The van der Waals surface area contributed by atoms with E-state index < -0.39 is 11.5 Å². The van der Waals surface area contributed by atoms with Crippen molar-refractivity contribution in [1.82, 2.24) is 4.90 Å². The van der Waals surface area contributed by atoms with Gasteiger partial charge in [0.2, 0.25) is 5.91 Å². The zero-order chi connectivity index (χ0) is 14.9. The number of amides is 2. The molecule has 6 heteroatoms. The highest BCUT2D eigenvalue weighted by Gasteiger charge is 2.37. The van der Waals surface area contributed by atoms with Gasteiger partial charge in [0.05, 0.1) is 24.1 Å². The lowest BCUT2D eigenvalue weighted by Crippen LogP contribution is -2.51. The van der Waals surface area contributed by atoms with Crippen LogP contribution in [0.5, 0.6) is 0 Å². The molecule has 1 aliphatic heterocycles.